The van der Waals surface area contributed by atoms with E-state index in [1.165, 1.54) is 18.4 Å². The van der Waals surface area contributed by atoms with E-state index in [2.05, 4.69) is 15.6 Å². The van der Waals surface area contributed by atoms with Crippen molar-refractivity contribution in [3.05, 3.63) is 28.6 Å². The number of thiazole rings is 1. The average Bonchev–Trinajstić information content (AvgIpc) is 3.46. The predicted octanol–water partition coefficient (Wildman–Crippen LogP) is 0.822. The lowest BCUT2D eigenvalue weighted by molar-refractivity contribution is -0.133. The van der Waals surface area contributed by atoms with Gasteiger partial charge in [-0.3, -0.25) is 14.4 Å². The number of nitrogens with one attached hydrogen (secondary N) is 2. The molecule has 2 aliphatic rings. The van der Waals surface area contributed by atoms with E-state index in [0.717, 1.165) is 9.88 Å². The number of likely N-dealkylation sites (N-methyl/N-ethyl adjacent to an activating group) is 1. The lowest BCUT2D eigenvalue weighted by atomic mass is 9.80. The summed E-state index contributed by atoms with van der Waals surface area (Å²) in [6, 6.07) is 3.92. The van der Waals surface area contributed by atoms with Gasteiger partial charge in [0.25, 0.3) is 5.91 Å². The van der Waals surface area contributed by atoms with Gasteiger partial charge in [-0.1, -0.05) is 6.07 Å². The number of fused-ring (bicyclic) bond motifs is 1. The molecule has 28 heavy (non-hydrogen) atoms. The molecule has 4 rings (SSSR count). The molecule has 8 nitrogen and oxygen atoms in total. The maximum atomic E-state index is 13.0. The van der Waals surface area contributed by atoms with E-state index >= 15 is 0 Å². The van der Waals surface area contributed by atoms with Gasteiger partial charge in [0.1, 0.15) is 10.7 Å². The van der Waals surface area contributed by atoms with E-state index in [-0.39, 0.29) is 43.3 Å². The van der Waals surface area contributed by atoms with E-state index in [1.54, 1.807) is 21.6 Å². The summed E-state index contributed by atoms with van der Waals surface area (Å²) in [5.74, 6) is -0.773. The van der Waals surface area contributed by atoms with Crippen molar-refractivity contribution in [3.63, 3.8) is 0 Å². The molecule has 2 aromatic rings. The number of hydrogen-bond donors (Lipinski definition) is 2. The van der Waals surface area contributed by atoms with E-state index in [1.807, 2.05) is 17.5 Å². The predicted molar refractivity (Wildman–Crippen MR) is 105 cm³/mol. The molecule has 0 unspecified atom stereocenters. The van der Waals surface area contributed by atoms with Crippen LogP contribution in [0.1, 0.15) is 10.5 Å². The van der Waals surface area contributed by atoms with Crippen LogP contribution in [-0.4, -0.2) is 67.5 Å². The minimum absolute atomic E-state index is 0.0865. The molecule has 10 heteroatoms. The minimum Gasteiger partial charge on any atom is -0.380 e. The lowest BCUT2D eigenvalue weighted by Gasteiger charge is -2.25. The molecule has 2 saturated heterocycles. The van der Waals surface area contributed by atoms with Crippen molar-refractivity contribution in [2.75, 3.05) is 39.9 Å². The van der Waals surface area contributed by atoms with Gasteiger partial charge in [0.05, 0.1) is 30.1 Å². The Hall–Kier alpha value is -2.30. The first-order valence-corrected chi connectivity index (χ1v) is 10.6. The van der Waals surface area contributed by atoms with E-state index < -0.39 is 5.41 Å². The number of carbonyl (C=O) groups is 3. The van der Waals surface area contributed by atoms with Crippen LogP contribution in [0.25, 0.3) is 9.88 Å². The highest BCUT2D eigenvalue weighted by Crippen LogP contribution is 2.42. The Bertz CT molecular complexity index is 897. The normalized spacial score (nSPS) is 23.5. The smallest absolute Gasteiger partial charge is 0.273 e. The van der Waals surface area contributed by atoms with Crippen LogP contribution in [0.15, 0.2) is 22.9 Å². The second-order valence-corrected chi connectivity index (χ2v) is 8.73. The molecule has 2 N–H and O–H groups in total. The van der Waals surface area contributed by atoms with Crippen molar-refractivity contribution in [2.45, 2.75) is 0 Å². The third-order valence-electron chi connectivity index (χ3n) is 5.26. The Morgan fingerprint density at radius 1 is 1.39 bits per heavy atom. The van der Waals surface area contributed by atoms with Crippen molar-refractivity contribution in [1.29, 1.82) is 0 Å². The van der Waals surface area contributed by atoms with Gasteiger partial charge in [-0.25, -0.2) is 4.98 Å². The van der Waals surface area contributed by atoms with Gasteiger partial charge in [0.2, 0.25) is 11.8 Å². The Labute approximate surface area is 169 Å². The third-order valence-corrected chi connectivity index (χ3v) is 7.14. The second kappa shape index (κ2) is 7.61. The third kappa shape index (κ3) is 3.31. The van der Waals surface area contributed by atoms with Crippen LogP contribution in [0.2, 0.25) is 0 Å². The molecule has 2 fully saturated rings. The van der Waals surface area contributed by atoms with Gasteiger partial charge in [-0.05, 0) is 11.4 Å². The Kier molecular flexibility index (Phi) is 5.17. The number of likely N-dealkylation sites (tertiary alicyclic amines) is 1. The number of hydrogen-bond acceptors (Lipinski definition) is 7. The van der Waals surface area contributed by atoms with Crippen LogP contribution < -0.4 is 10.6 Å². The quantitative estimate of drug-likeness (QED) is 0.746. The molecule has 2 aromatic heterocycles. The number of nitrogens with zero attached hydrogens (tertiary/aromatic N) is 2. The molecule has 3 amide bonds. The monoisotopic (exact) mass is 420 g/mol. The highest BCUT2D eigenvalue weighted by Gasteiger charge is 2.56. The summed E-state index contributed by atoms with van der Waals surface area (Å²) >= 11 is 3.02. The van der Waals surface area contributed by atoms with Crippen molar-refractivity contribution >= 4 is 40.4 Å². The molecule has 148 valence electrons. The first-order chi connectivity index (χ1) is 13.5. The van der Waals surface area contributed by atoms with Crippen LogP contribution in [0, 0.1) is 11.3 Å². The lowest BCUT2D eigenvalue weighted by Crippen LogP contribution is -2.49. The Morgan fingerprint density at radius 3 is 3.00 bits per heavy atom. The van der Waals surface area contributed by atoms with E-state index in [4.69, 9.17) is 4.74 Å². The van der Waals surface area contributed by atoms with Crippen LogP contribution in [0.5, 0.6) is 0 Å². The highest BCUT2D eigenvalue weighted by atomic mass is 32.1. The second-order valence-electron chi connectivity index (χ2n) is 6.92. The van der Waals surface area contributed by atoms with Gasteiger partial charge in [0, 0.05) is 31.4 Å². The van der Waals surface area contributed by atoms with Gasteiger partial charge in [0.15, 0.2) is 0 Å². The number of thiophene rings is 1. The number of aromatic nitrogens is 1. The topological polar surface area (TPSA) is 101 Å². The van der Waals surface area contributed by atoms with Crippen LogP contribution >= 0.6 is 22.7 Å². The fourth-order valence-electron chi connectivity index (χ4n) is 3.68. The SMILES string of the molecule is CNC(=O)CNC(=O)[C@@]12COC[C@@H]1CN(C(=O)c1csc(-c3cccs3)n1)C2. The van der Waals surface area contributed by atoms with Crippen LogP contribution in [-0.2, 0) is 14.3 Å². The zero-order valence-electron chi connectivity index (χ0n) is 15.3. The summed E-state index contributed by atoms with van der Waals surface area (Å²) in [7, 11) is 1.52. The molecule has 0 bridgehead atoms. The number of ether oxygens (including phenoxy) is 1. The van der Waals surface area contributed by atoms with E-state index in [9.17, 15) is 14.4 Å². The number of rotatable bonds is 5. The molecule has 2 atom stereocenters. The van der Waals surface area contributed by atoms with E-state index in [0.29, 0.717) is 18.8 Å². The molecule has 0 aliphatic carbocycles. The first-order valence-electron chi connectivity index (χ1n) is 8.89. The van der Waals surface area contributed by atoms with Crippen molar-refractivity contribution in [2.24, 2.45) is 11.3 Å². The molecule has 0 aromatic carbocycles. The molecular formula is C18H20N4O4S2. The summed E-state index contributed by atoms with van der Waals surface area (Å²) in [6.45, 7) is 1.29. The maximum absolute atomic E-state index is 13.0. The standard InChI is InChI=1S/C18H20N4O4S2/c1-19-14(23)5-20-17(25)18-9-22(6-11(18)7-26-10-18)16(24)12-8-28-15(21-12)13-3-2-4-27-13/h2-4,8,11H,5-7,9-10H2,1H3,(H,19,23)(H,20,25)/t11-,18-/m0/s1. The molecule has 4 heterocycles. The van der Waals surface area contributed by atoms with Crippen molar-refractivity contribution in [3.8, 4) is 9.88 Å². The molecule has 0 saturated carbocycles. The average molecular weight is 421 g/mol. The van der Waals surface area contributed by atoms with Gasteiger partial charge in [-0.15, -0.1) is 22.7 Å². The van der Waals surface area contributed by atoms with Crippen LogP contribution in [0.3, 0.4) is 0 Å². The highest BCUT2D eigenvalue weighted by molar-refractivity contribution is 7.20. The fraction of sp³-hybridized carbons (Fsp3) is 0.444. The molecule has 0 spiro atoms. The summed E-state index contributed by atoms with van der Waals surface area (Å²) in [5, 5.41) is 9.71. The summed E-state index contributed by atoms with van der Waals surface area (Å²) in [6.07, 6.45) is 0. The first kappa shape index (κ1) is 19.0. The van der Waals surface area contributed by atoms with Crippen molar-refractivity contribution in [1.82, 2.24) is 20.5 Å². The molecule has 2 aliphatic heterocycles. The fourth-order valence-corrected chi connectivity index (χ4v) is 5.29. The zero-order chi connectivity index (χ0) is 19.7. The maximum Gasteiger partial charge on any atom is 0.273 e. The minimum atomic E-state index is -0.809. The van der Waals surface area contributed by atoms with Gasteiger partial charge >= 0.3 is 0 Å². The molecular weight excluding hydrogens is 400 g/mol. The number of carbonyl (C=O) groups excluding carboxylic acids is 3. The summed E-state index contributed by atoms with van der Waals surface area (Å²) in [5.41, 5.74) is -0.411. The van der Waals surface area contributed by atoms with Gasteiger partial charge < -0.3 is 20.3 Å². The zero-order valence-corrected chi connectivity index (χ0v) is 16.9. The summed E-state index contributed by atoms with van der Waals surface area (Å²) < 4.78 is 5.54. The van der Waals surface area contributed by atoms with Crippen LogP contribution in [0.4, 0.5) is 0 Å². The number of amides is 3. The van der Waals surface area contributed by atoms with Crippen molar-refractivity contribution < 1.29 is 19.1 Å². The molecule has 0 radical (unpaired) electrons. The largest absolute Gasteiger partial charge is 0.380 e. The summed E-state index contributed by atoms with van der Waals surface area (Å²) in [4.78, 5) is 44.4. The van der Waals surface area contributed by atoms with Gasteiger partial charge in [-0.2, -0.15) is 0 Å². The Balaban J connectivity index is 1.48. The Morgan fingerprint density at radius 2 is 2.25 bits per heavy atom.